The molecule has 1 rings (SSSR count). The zero-order valence-corrected chi connectivity index (χ0v) is 9.29. The molecule has 0 saturated carbocycles. The third kappa shape index (κ3) is 3.16. The number of carbonyl (C=O) groups excluding carboxylic acids is 1. The van der Waals surface area contributed by atoms with E-state index in [4.69, 9.17) is 4.84 Å². The molecule has 1 amide bonds. The number of nitrogens with zero attached hydrogens (tertiary/aromatic N) is 1. The molecule has 1 atom stereocenters. The molecular weight excluding hydrogens is 197 g/mol. The van der Waals surface area contributed by atoms with Gasteiger partial charge in [-0.3, -0.25) is 9.63 Å². The van der Waals surface area contributed by atoms with Gasteiger partial charge in [0.05, 0.1) is 13.5 Å². The first-order chi connectivity index (χ1) is 7.04. The molecule has 0 bridgehead atoms. The maximum Gasteiger partial charge on any atom is 0.249 e. The summed E-state index contributed by atoms with van der Waals surface area (Å²) in [4.78, 5) is 16.3. The number of hydroxylamine groups is 2. The lowest BCUT2D eigenvalue weighted by Gasteiger charge is -2.20. The quantitative estimate of drug-likeness (QED) is 0.673. The largest absolute Gasteiger partial charge is 0.275 e. The van der Waals surface area contributed by atoms with Crippen molar-refractivity contribution in [3.8, 4) is 0 Å². The van der Waals surface area contributed by atoms with Crippen LogP contribution in [0.25, 0.3) is 0 Å². The minimum absolute atomic E-state index is 0.0872. The van der Waals surface area contributed by atoms with Gasteiger partial charge in [0.25, 0.3) is 0 Å². The Balaban J connectivity index is 2.62. The molecule has 0 spiro atoms. The number of hydrogen-bond donors (Lipinski definition) is 0. The van der Waals surface area contributed by atoms with E-state index in [9.17, 15) is 9.18 Å². The van der Waals surface area contributed by atoms with Crippen molar-refractivity contribution < 1.29 is 14.0 Å². The molecule has 1 aliphatic rings. The molecule has 0 aliphatic heterocycles. The van der Waals surface area contributed by atoms with E-state index < -0.39 is 0 Å². The van der Waals surface area contributed by atoms with E-state index in [-0.39, 0.29) is 24.1 Å². The predicted octanol–water partition coefficient (Wildman–Crippen LogP) is 2.22. The van der Waals surface area contributed by atoms with Gasteiger partial charge in [-0.1, -0.05) is 18.6 Å². The van der Waals surface area contributed by atoms with Crippen LogP contribution in [0.3, 0.4) is 0 Å². The molecule has 84 valence electrons. The fourth-order valence-corrected chi connectivity index (χ4v) is 1.47. The van der Waals surface area contributed by atoms with Gasteiger partial charge in [0.15, 0.2) is 0 Å². The van der Waals surface area contributed by atoms with E-state index >= 15 is 0 Å². The minimum Gasteiger partial charge on any atom is -0.275 e. The molecule has 0 aromatic heterocycles. The van der Waals surface area contributed by atoms with Gasteiger partial charge in [-0.15, -0.1) is 0 Å². The van der Waals surface area contributed by atoms with Crippen molar-refractivity contribution in [3.63, 3.8) is 0 Å². The van der Waals surface area contributed by atoms with Crippen molar-refractivity contribution >= 4 is 5.91 Å². The Hall–Kier alpha value is -1.16. The topological polar surface area (TPSA) is 29.5 Å². The van der Waals surface area contributed by atoms with Crippen molar-refractivity contribution in [3.05, 3.63) is 23.6 Å². The number of hydrogen-bond acceptors (Lipinski definition) is 2. The standard InChI is InChI=1S/C11H16FNO2/c1-8-6-10(12)5-4-9(8)7-11(14)13(2)15-3/h4-5,8H,6-7H2,1-3H3. The maximum atomic E-state index is 12.9. The molecular formula is C11H16FNO2. The lowest BCUT2D eigenvalue weighted by Crippen LogP contribution is -2.26. The number of rotatable bonds is 3. The van der Waals surface area contributed by atoms with Crippen molar-refractivity contribution in [1.29, 1.82) is 0 Å². The highest BCUT2D eigenvalue weighted by Gasteiger charge is 2.19. The Morgan fingerprint density at radius 3 is 2.87 bits per heavy atom. The molecule has 3 nitrogen and oxygen atoms in total. The van der Waals surface area contributed by atoms with Crippen LogP contribution in [-0.2, 0) is 9.63 Å². The summed E-state index contributed by atoms with van der Waals surface area (Å²) < 4.78 is 12.9. The van der Waals surface area contributed by atoms with Gasteiger partial charge >= 0.3 is 0 Å². The first-order valence-electron chi connectivity index (χ1n) is 4.90. The second kappa shape index (κ2) is 5.07. The first-order valence-corrected chi connectivity index (χ1v) is 4.90. The Labute approximate surface area is 89.2 Å². The second-order valence-electron chi connectivity index (χ2n) is 3.71. The zero-order chi connectivity index (χ0) is 11.4. The van der Waals surface area contributed by atoms with Gasteiger partial charge in [0.1, 0.15) is 5.83 Å². The van der Waals surface area contributed by atoms with Crippen LogP contribution < -0.4 is 0 Å². The predicted molar refractivity (Wildman–Crippen MR) is 55.5 cm³/mol. The molecule has 0 aromatic carbocycles. The fraction of sp³-hybridized carbons (Fsp3) is 0.545. The van der Waals surface area contributed by atoms with Crippen molar-refractivity contribution in [2.45, 2.75) is 19.8 Å². The molecule has 1 aliphatic carbocycles. The normalized spacial score (nSPS) is 20.7. The van der Waals surface area contributed by atoms with Crippen molar-refractivity contribution in [1.82, 2.24) is 5.06 Å². The SMILES string of the molecule is CON(C)C(=O)CC1=CC=C(F)CC1C. The van der Waals surface area contributed by atoms with Crippen LogP contribution in [0.15, 0.2) is 23.6 Å². The van der Waals surface area contributed by atoms with Crippen LogP contribution >= 0.6 is 0 Å². The van der Waals surface area contributed by atoms with Crippen LogP contribution in [0.5, 0.6) is 0 Å². The summed E-state index contributed by atoms with van der Waals surface area (Å²) in [6.07, 6.45) is 3.78. The second-order valence-corrected chi connectivity index (χ2v) is 3.71. The molecule has 0 fully saturated rings. The molecule has 1 unspecified atom stereocenters. The maximum absolute atomic E-state index is 12.9. The van der Waals surface area contributed by atoms with Gasteiger partial charge in [-0.25, -0.2) is 9.45 Å². The molecule has 0 aromatic rings. The lowest BCUT2D eigenvalue weighted by molar-refractivity contribution is -0.167. The number of allylic oxidation sites excluding steroid dienone is 3. The highest BCUT2D eigenvalue weighted by atomic mass is 19.1. The summed E-state index contributed by atoms with van der Waals surface area (Å²) >= 11 is 0. The van der Waals surface area contributed by atoms with E-state index in [1.54, 1.807) is 13.1 Å². The van der Waals surface area contributed by atoms with E-state index in [1.807, 2.05) is 6.92 Å². The summed E-state index contributed by atoms with van der Waals surface area (Å²) in [5, 5.41) is 1.18. The van der Waals surface area contributed by atoms with Gasteiger partial charge in [0, 0.05) is 13.5 Å². The first kappa shape index (κ1) is 11.9. The highest BCUT2D eigenvalue weighted by molar-refractivity contribution is 5.77. The van der Waals surface area contributed by atoms with Gasteiger partial charge in [-0.2, -0.15) is 0 Å². The number of halogens is 1. The van der Waals surface area contributed by atoms with E-state index in [0.29, 0.717) is 6.42 Å². The van der Waals surface area contributed by atoms with E-state index in [0.717, 1.165) is 5.57 Å². The molecule has 15 heavy (non-hydrogen) atoms. The van der Waals surface area contributed by atoms with E-state index in [2.05, 4.69) is 0 Å². The molecule has 0 heterocycles. The summed E-state index contributed by atoms with van der Waals surface area (Å²) in [5.41, 5.74) is 0.949. The fourth-order valence-electron chi connectivity index (χ4n) is 1.47. The number of carbonyl (C=O) groups is 1. The molecule has 0 saturated heterocycles. The average molecular weight is 213 g/mol. The minimum atomic E-state index is -0.126. The third-order valence-electron chi connectivity index (χ3n) is 2.59. The summed E-state index contributed by atoms with van der Waals surface area (Å²) in [6, 6.07) is 0. The lowest BCUT2D eigenvalue weighted by atomic mass is 9.90. The Morgan fingerprint density at radius 2 is 2.33 bits per heavy atom. The molecule has 4 heteroatoms. The summed E-state index contributed by atoms with van der Waals surface area (Å²) in [6.45, 7) is 1.92. The average Bonchev–Trinajstić information content (AvgIpc) is 2.20. The highest BCUT2D eigenvalue weighted by Crippen LogP contribution is 2.27. The van der Waals surface area contributed by atoms with Gasteiger partial charge < -0.3 is 0 Å². The van der Waals surface area contributed by atoms with Gasteiger partial charge in [-0.05, 0) is 12.0 Å². The van der Waals surface area contributed by atoms with Crippen molar-refractivity contribution in [2.75, 3.05) is 14.2 Å². The van der Waals surface area contributed by atoms with Crippen LogP contribution in [-0.4, -0.2) is 25.1 Å². The van der Waals surface area contributed by atoms with Crippen LogP contribution in [0.2, 0.25) is 0 Å². The number of amides is 1. The zero-order valence-electron chi connectivity index (χ0n) is 9.29. The van der Waals surface area contributed by atoms with Crippen LogP contribution in [0.4, 0.5) is 4.39 Å². The Bertz CT molecular complexity index is 310. The smallest absolute Gasteiger partial charge is 0.249 e. The third-order valence-corrected chi connectivity index (χ3v) is 2.59. The van der Waals surface area contributed by atoms with Crippen molar-refractivity contribution in [2.24, 2.45) is 5.92 Å². The summed E-state index contributed by atoms with van der Waals surface area (Å²) in [5.74, 6) is -0.158. The van der Waals surface area contributed by atoms with Crippen LogP contribution in [0.1, 0.15) is 19.8 Å². The molecule has 0 radical (unpaired) electrons. The molecule has 0 N–H and O–H groups in total. The van der Waals surface area contributed by atoms with E-state index in [1.165, 1.54) is 18.2 Å². The van der Waals surface area contributed by atoms with Crippen LogP contribution in [0, 0.1) is 5.92 Å². The Kier molecular flexibility index (Phi) is 4.03. The Morgan fingerprint density at radius 1 is 1.67 bits per heavy atom. The summed E-state index contributed by atoms with van der Waals surface area (Å²) in [7, 11) is 3.00. The van der Waals surface area contributed by atoms with Gasteiger partial charge in [0.2, 0.25) is 5.91 Å². The monoisotopic (exact) mass is 213 g/mol.